The lowest BCUT2D eigenvalue weighted by molar-refractivity contribution is 0.0633. The molecule has 148 valence electrons. The van der Waals surface area contributed by atoms with Gasteiger partial charge in [0, 0.05) is 42.5 Å². The standard InChI is InChI=1S/C24H25N3O2/c1-18-4-2-6-22(14-18)29-17-19-5-3-13-27(16-19)24(28)21-9-7-20(8-10-21)23-15-25-11-12-26-23/h2,4,6-12,14-15,19H,3,5,13,16-17H2,1H3/t19-/m1/s1. The smallest absolute Gasteiger partial charge is 0.253 e. The Labute approximate surface area is 171 Å². The quantitative estimate of drug-likeness (QED) is 0.652. The molecule has 29 heavy (non-hydrogen) atoms. The number of hydrogen-bond acceptors (Lipinski definition) is 4. The maximum atomic E-state index is 13.0. The van der Waals surface area contributed by atoms with Crippen molar-refractivity contribution in [3.8, 4) is 17.0 Å². The number of carbonyl (C=O) groups excluding carboxylic acids is 1. The number of carbonyl (C=O) groups is 1. The molecule has 1 aliphatic heterocycles. The Morgan fingerprint density at radius 2 is 2.03 bits per heavy atom. The van der Waals surface area contributed by atoms with Crippen LogP contribution in [0.1, 0.15) is 28.8 Å². The van der Waals surface area contributed by atoms with E-state index in [1.54, 1.807) is 18.6 Å². The average Bonchev–Trinajstić information content (AvgIpc) is 2.78. The largest absolute Gasteiger partial charge is 0.493 e. The number of piperidine rings is 1. The molecule has 1 aliphatic rings. The Morgan fingerprint density at radius 1 is 1.17 bits per heavy atom. The van der Waals surface area contributed by atoms with Crippen molar-refractivity contribution in [2.45, 2.75) is 19.8 Å². The van der Waals surface area contributed by atoms with Crippen LogP contribution in [0.5, 0.6) is 5.75 Å². The Morgan fingerprint density at radius 3 is 2.79 bits per heavy atom. The number of likely N-dealkylation sites (tertiary alicyclic amines) is 1. The summed E-state index contributed by atoms with van der Waals surface area (Å²) in [6.07, 6.45) is 7.13. The fourth-order valence-electron chi connectivity index (χ4n) is 3.72. The fourth-order valence-corrected chi connectivity index (χ4v) is 3.72. The second-order valence-corrected chi connectivity index (χ2v) is 7.55. The van der Waals surface area contributed by atoms with E-state index in [1.807, 2.05) is 47.4 Å². The molecule has 0 N–H and O–H groups in total. The maximum absolute atomic E-state index is 13.0. The van der Waals surface area contributed by atoms with Gasteiger partial charge in [-0.15, -0.1) is 0 Å². The number of rotatable bonds is 5. The van der Waals surface area contributed by atoms with E-state index in [0.29, 0.717) is 18.1 Å². The Kier molecular flexibility index (Phi) is 5.84. The van der Waals surface area contributed by atoms with E-state index in [2.05, 4.69) is 23.0 Å². The van der Waals surface area contributed by atoms with E-state index in [9.17, 15) is 4.79 Å². The van der Waals surface area contributed by atoms with Crippen molar-refractivity contribution < 1.29 is 9.53 Å². The van der Waals surface area contributed by atoms with Crippen LogP contribution < -0.4 is 4.74 Å². The lowest BCUT2D eigenvalue weighted by Gasteiger charge is -2.32. The van der Waals surface area contributed by atoms with Gasteiger partial charge in [-0.3, -0.25) is 14.8 Å². The van der Waals surface area contributed by atoms with Crippen molar-refractivity contribution in [1.82, 2.24) is 14.9 Å². The van der Waals surface area contributed by atoms with Crippen LogP contribution in [0.25, 0.3) is 11.3 Å². The molecule has 0 aliphatic carbocycles. The highest BCUT2D eigenvalue weighted by atomic mass is 16.5. The third-order valence-electron chi connectivity index (χ3n) is 5.27. The molecule has 1 amide bonds. The molecule has 2 aromatic carbocycles. The number of amides is 1. The van der Waals surface area contributed by atoms with E-state index in [-0.39, 0.29) is 5.91 Å². The lowest BCUT2D eigenvalue weighted by atomic mass is 9.98. The number of aromatic nitrogens is 2. The molecule has 0 saturated carbocycles. The summed E-state index contributed by atoms with van der Waals surface area (Å²) in [4.78, 5) is 23.3. The summed E-state index contributed by atoms with van der Waals surface area (Å²) < 4.78 is 5.97. The zero-order valence-electron chi connectivity index (χ0n) is 16.6. The molecule has 0 unspecified atom stereocenters. The number of ether oxygens (including phenoxy) is 1. The highest BCUT2D eigenvalue weighted by Crippen LogP contribution is 2.22. The Hall–Kier alpha value is -3.21. The van der Waals surface area contributed by atoms with Crippen molar-refractivity contribution in [2.24, 2.45) is 5.92 Å². The Balaban J connectivity index is 1.37. The molecule has 1 atom stereocenters. The number of aryl methyl sites for hydroxylation is 1. The molecule has 1 saturated heterocycles. The van der Waals surface area contributed by atoms with E-state index in [0.717, 1.165) is 42.9 Å². The van der Waals surface area contributed by atoms with Crippen LogP contribution >= 0.6 is 0 Å². The summed E-state index contributed by atoms with van der Waals surface area (Å²) in [6, 6.07) is 15.7. The van der Waals surface area contributed by atoms with Gasteiger partial charge in [0.05, 0.1) is 18.5 Å². The highest BCUT2D eigenvalue weighted by Gasteiger charge is 2.25. The third-order valence-corrected chi connectivity index (χ3v) is 5.27. The minimum absolute atomic E-state index is 0.0796. The second-order valence-electron chi connectivity index (χ2n) is 7.55. The first kappa shape index (κ1) is 19.1. The van der Waals surface area contributed by atoms with Crippen LogP contribution in [0.2, 0.25) is 0 Å². The molecular formula is C24H25N3O2. The highest BCUT2D eigenvalue weighted by molar-refractivity contribution is 5.94. The normalized spacial score (nSPS) is 16.4. The predicted molar refractivity (Wildman–Crippen MR) is 113 cm³/mol. The first-order valence-electron chi connectivity index (χ1n) is 10.0. The van der Waals surface area contributed by atoms with Gasteiger partial charge in [-0.1, -0.05) is 24.3 Å². The number of nitrogens with zero attached hydrogens (tertiary/aromatic N) is 3. The third kappa shape index (κ3) is 4.80. The van der Waals surface area contributed by atoms with Crippen LogP contribution in [0.4, 0.5) is 0 Å². The van der Waals surface area contributed by atoms with Crippen LogP contribution in [0.3, 0.4) is 0 Å². The summed E-state index contributed by atoms with van der Waals surface area (Å²) in [7, 11) is 0. The fraction of sp³-hybridized carbons (Fsp3) is 0.292. The van der Waals surface area contributed by atoms with Gasteiger partial charge in [0.15, 0.2) is 0 Å². The summed E-state index contributed by atoms with van der Waals surface area (Å²) >= 11 is 0. The van der Waals surface area contributed by atoms with E-state index >= 15 is 0 Å². The molecule has 0 spiro atoms. The summed E-state index contributed by atoms with van der Waals surface area (Å²) in [5.74, 6) is 1.33. The summed E-state index contributed by atoms with van der Waals surface area (Å²) in [6.45, 7) is 4.23. The molecule has 5 heteroatoms. The first-order valence-corrected chi connectivity index (χ1v) is 10.0. The minimum Gasteiger partial charge on any atom is -0.493 e. The summed E-state index contributed by atoms with van der Waals surface area (Å²) in [5, 5.41) is 0. The van der Waals surface area contributed by atoms with Gasteiger partial charge < -0.3 is 9.64 Å². The predicted octanol–water partition coefficient (Wildman–Crippen LogP) is 4.38. The van der Waals surface area contributed by atoms with Gasteiger partial charge in [-0.25, -0.2) is 0 Å². The molecule has 1 fully saturated rings. The van der Waals surface area contributed by atoms with Crippen molar-refractivity contribution >= 4 is 5.91 Å². The number of benzene rings is 2. The van der Waals surface area contributed by atoms with Gasteiger partial charge >= 0.3 is 0 Å². The number of hydrogen-bond donors (Lipinski definition) is 0. The Bertz CT molecular complexity index is 957. The minimum atomic E-state index is 0.0796. The maximum Gasteiger partial charge on any atom is 0.253 e. The summed E-state index contributed by atoms with van der Waals surface area (Å²) in [5.41, 5.74) is 3.65. The molecule has 5 nitrogen and oxygen atoms in total. The van der Waals surface area contributed by atoms with Crippen molar-refractivity contribution in [2.75, 3.05) is 19.7 Å². The average molecular weight is 387 g/mol. The van der Waals surface area contributed by atoms with E-state index < -0.39 is 0 Å². The van der Waals surface area contributed by atoms with Crippen molar-refractivity contribution in [3.63, 3.8) is 0 Å². The SMILES string of the molecule is Cc1cccc(OC[C@@H]2CCCN(C(=O)c3ccc(-c4cnccn4)cc3)C2)c1. The van der Waals surface area contributed by atoms with Crippen LogP contribution in [0.15, 0.2) is 67.1 Å². The van der Waals surface area contributed by atoms with Crippen LogP contribution in [-0.4, -0.2) is 40.5 Å². The van der Waals surface area contributed by atoms with Crippen LogP contribution in [-0.2, 0) is 0 Å². The van der Waals surface area contributed by atoms with Gasteiger partial charge in [-0.2, -0.15) is 0 Å². The second kappa shape index (κ2) is 8.86. The van der Waals surface area contributed by atoms with Crippen molar-refractivity contribution in [1.29, 1.82) is 0 Å². The molecule has 4 rings (SSSR count). The monoisotopic (exact) mass is 387 g/mol. The zero-order chi connectivity index (χ0) is 20.1. The first-order chi connectivity index (χ1) is 14.2. The topological polar surface area (TPSA) is 55.3 Å². The van der Waals surface area contributed by atoms with Gasteiger partial charge in [0.1, 0.15) is 5.75 Å². The molecule has 0 bridgehead atoms. The van der Waals surface area contributed by atoms with Gasteiger partial charge in [-0.05, 0) is 49.6 Å². The van der Waals surface area contributed by atoms with Gasteiger partial charge in [0.2, 0.25) is 0 Å². The molecule has 1 aromatic heterocycles. The van der Waals surface area contributed by atoms with E-state index in [4.69, 9.17) is 4.74 Å². The van der Waals surface area contributed by atoms with Crippen molar-refractivity contribution in [3.05, 3.63) is 78.2 Å². The van der Waals surface area contributed by atoms with E-state index in [1.165, 1.54) is 5.56 Å². The lowest BCUT2D eigenvalue weighted by Crippen LogP contribution is -2.41. The van der Waals surface area contributed by atoms with Crippen LogP contribution in [0, 0.1) is 12.8 Å². The zero-order valence-corrected chi connectivity index (χ0v) is 16.6. The van der Waals surface area contributed by atoms with Gasteiger partial charge in [0.25, 0.3) is 5.91 Å². The molecule has 0 radical (unpaired) electrons. The molecule has 2 heterocycles. The molecule has 3 aromatic rings. The molecular weight excluding hydrogens is 362 g/mol.